The summed E-state index contributed by atoms with van der Waals surface area (Å²) >= 11 is 0. The summed E-state index contributed by atoms with van der Waals surface area (Å²) in [6.45, 7) is 10.5. The van der Waals surface area contributed by atoms with Gasteiger partial charge in [0, 0.05) is 61.1 Å². The number of fused-ring (bicyclic) bond motifs is 2. The number of pyridine rings is 4. The maximum atomic E-state index is 9.54. The number of nitrogens with one attached hydrogen (secondary N) is 2. The summed E-state index contributed by atoms with van der Waals surface area (Å²) in [5, 5.41) is 41.2. The lowest BCUT2D eigenvalue weighted by molar-refractivity contribution is 0.276. The molecule has 0 aliphatic rings. The van der Waals surface area contributed by atoms with Crippen molar-refractivity contribution in [3.63, 3.8) is 0 Å². The fourth-order valence-corrected chi connectivity index (χ4v) is 6.16. The van der Waals surface area contributed by atoms with Gasteiger partial charge < -0.3 is 15.7 Å². The van der Waals surface area contributed by atoms with Crippen LogP contribution in [0.15, 0.2) is 85.7 Å². The highest BCUT2D eigenvalue weighted by Crippen LogP contribution is 2.28. The van der Waals surface area contributed by atoms with Crippen LogP contribution in [0.2, 0.25) is 0 Å². The number of aryl methyl sites for hydroxylation is 3. The Labute approximate surface area is 324 Å². The van der Waals surface area contributed by atoms with Crippen LogP contribution in [-0.4, -0.2) is 65.0 Å². The fraction of sp³-hybridized carbons (Fsp3) is 0.268. The molecule has 8 aromatic rings. The van der Waals surface area contributed by atoms with E-state index in [9.17, 15) is 5.11 Å². The fourth-order valence-electron chi connectivity index (χ4n) is 6.16. The summed E-state index contributed by atoms with van der Waals surface area (Å²) in [5.74, 6) is 3.46. The molecule has 56 heavy (non-hydrogen) atoms. The number of hydrogen-bond donors (Lipinski definition) is 3. The number of hydrogen-bond acceptors (Lipinski definition) is 13. The van der Waals surface area contributed by atoms with E-state index in [2.05, 4.69) is 96.9 Å². The van der Waals surface area contributed by atoms with E-state index < -0.39 is 0 Å². The maximum absolute atomic E-state index is 9.54. The van der Waals surface area contributed by atoms with E-state index >= 15 is 0 Å². The number of anilines is 4. The molecule has 3 N–H and O–H groups in total. The zero-order valence-corrected chi connectivity index (χ0v) is 32.5. The van der Waals surface area contributed by atoms with E-state index in [-0.39, 0.29) is 6.61 Å². The largest absolute Gasteiger partial charge is 0.390 e. The maximum Gasteiger partial charge on any atom is 0.154 e. The molecular formula is C41H44N14O. The first-order valence-electron chi connectivity index (χ1n) is 18.5. The molecule has 8 aromatic heterocycles. The lowest BCUT2D eigenvalue weighted by Crippen LogP contribution is -2.00. The van der Waals surface area contributed by atoms with Crippen LogP contribution in [0, 0.1) is 0 Å². The first-order valence-corrected chi connectivity index (χ1v) is 18.5. The SMILES string of the molecule is CC(C)c1cnnc(Nc2ccc3ncc(-c4cn(C)nc4CO)cc3n2)c1.CCc1nn(C)cc1-c1cnc2ccc(Nc3cc(C(C)C)cnn3)nc2c1. The summed E-state index contributed by atoms with van der Waals surface area (Å²) in [5.41, 5.74) is 10.9. The van der Waals surface area contributed by atoms with Crippen molar-refractivity contribution >= 4 is 45.3 Å². The highest BCUT2D eigenvalue weighted by molar-refractivity contribution is 5.83. The van der Waals surface area contributed by atoms with E-state index in [4.69, 9.17) is 4.98 Å². The molecule has 0 spiro atoms. The molecule has 0 aliphatic heterocycles. The predicted octanol–water partition coefficient (Wildman–Crippen LogP) is 7.43. The molecule has 15 heteroatoms. The molecule has 0 fully saturated rings. The molecule has 0 saturated heterocycles. The van der Waals surface area contributed by atoms with Crippen LogP contribution >= 0.6 is 0 Å². The number of rotatable bonds is 10. The van der Waals surface area contributed by atoms with E-state index in [1.54, 1.807) is 23.3 Å². The third kappa shape index (κ3) is 8.47. The van der Waals surface area contributed by atoms with Crippen molar-refractivity contribution in [3.05, 3.63) is 108 Å². The van der Waals surface area contributed by atoms with Gasteiger partial charge in [-0.25, -0.2) is 9.97 Å². The van der Waals surface area contributed by atoms with Crippen molar-refractivity contribution in [2.24, 2.45) is 14.1 Å². The second-order valence-electron chi connectivity index (χ2n) is 14.1. The van der Waals surface area contributed by atoms with Crippen LogP contribution < -0.4 is 10.6 Å². The zero-order valence-electron chi connectivity index (χ0n) is 32.5. The third-order valence-electron chi connectivity index (χ3n) is 9.19. The first-order chi connectivity index (χ1) is 27.1. The highest BCUT2D eigenvalue weighted by Gasteiger charge is 2.13. The van der Waals surface area contributed by atoms with Crippen molar-refractivity contribution in [2.45, 2.75) is 59.5 Å². The summed E-state index contributed by atoms with van der Waals surface area (Å²) in [6, 6.07) is 15.6. The van der Waals surface area contributed by atoms with Gasteiger partial charge in [0.15, 0.2) is 11.6 Å². The smallest absolute Gasteiger partial charge is 0.154 e. The highest BCUT2D eigenvalue weighted by atomic mass is 16.3. The van der Waals surface area contributed by atoms with Gasteiger partial charge in [-0.05, 0) is 77.9 Å². The van der Waals surface area contributed by atoms with Crippen LogP contribution in [0.25, 0.3) is 44.3 Å². The van der Waals surface area contributed by atoms with Gasteiger partial charge in [-0.2, -0.15) is 20.4 Å². The molecular weight excluding hydrogens is 705 g/mol. The minimum Gasteiger partial charge on any atom is -0.390 e. The minimum absolute atomic E-state index is 0.131. The second kappa shape index (κ2) is 16.3. The average molecular weight is 749 g/mol. The zero-order chi connectivity index (χ0) is 39.3. The topological polar surface area (TPSA) is 183 Å². The molecule has 0 saturated carbocycles. The van der Waals surface area contributed by atoms with Crippen LogP contribution in [0.5, 0.6) is 0 Å². The molecule has 15 nitrogen and oxygen atoms in total. The minimum atomic E-state index is -0.131. The predicted molar refractivity (Wildman–Crippen MR) is 218 cm³/mol. The Hall–Kier alpha value is -6.74. The molecule has 0 amide bonds. The van der Waals surface area contributed by atoms with Crippen molar-refractivity contribution < 1.29 is 5.11 Å². The van der Waals surface area contributed by atoms with E-state index in [0.29, 0.717) is 40.8 Å². The van der Waals surface area contributed by atoms with Gasteiger partial charge >= 0.3 is 0 Å². The Morgan fingerprint density at radius 1 is 0.589 bits per heavy atom. The monoisotopic (exact) mass is 748 g/mol. The van der Waals surface area contributed by atoms with E-state index in [1.165, 1.54) is 0 Å². The molecule has 8 rings (SSSR count). The number of aliphatic hydroxyl groups excluding tert-OH is 1. The molecule has 0 bridgehead atoms. The summed E-state index contributed by atoms with van der Waals surface area (Å²) in [6.07, 6.45) is 12.0. The average Bonchev–Trinajstić information content (AvgIpc) is 3.79. The van der Waals surface area contributed by atoms with Gasteiger partial charge in [0.2, 0.25) is 0 Å². The van der Waals surface area contributed by atoms with Crippen molar-refractivity contribution in [1.82, 2.24) is 59.9 Å². The number of nitrogens with zero attached hydrogens (tertiary/aromatic N) is 12. The molecule has 0 unspecified atom stereocenters. The van der Waals surface area contributed by atoms with Crippen LogP contribution in [0.4, 0.5) is 23.3 Å². The number of aliphatic hydroxyl groups is 1. The third-order valence-corrected chi connectivity index (χ3v) is 9.19. The van der Waals surface area contributed by atoms with Gasteiger partial charge in [0.25, 0.3) is 0 Å². The molecule has 0 aliphatic carbocycles. The summed E-state index contributed by atoms with van der Waals surface area (Å²) in [7, 11) is 3.76. The van der Waals surface area contributed by atoms with E-state index in [0.717, 1.165) is 67.6 Å². The lowest BCUT2D eigenvalue weighted by Gasteiger charge is -2.09. The van der Waals surface area contributed by atoms with Gasteiger partial charge in [-0.1, -0.05) is 34.6 Å². The molecule has 8 heterocycles. The number of aromatic nitrogens is 12. The van der Waals surface area contributed by atoms with Gasteiger partial charge in [0.05, 0.1) is 52.5 Å². The molecule has 0 atom stereocenters. The molecule has 284 valence electrons. The van der Waals surface area contributed by atoms with Crippen LogP contribution in [0.3, 0.4) is 0 Å². The Morgan fingerprint density at radius 2 is 1.05 bits per heavy atom. The standard InChI is InChI=1S/C21H23N7.C20H21N7O/c1-5-17-16(12-28(4)27-17)15-8-19-18(22-10-15)6-7-20(24-19)25-21-9-14(13(2)3)11-23-26-21;1-12(2)13-7-20(25-22-9-13)24-19-5-4-16-17(23-19)6-14(8-21-16)15-10-27(3)26-18(15)11-28/h6-13H,5H2,1-4H3,(H,24,25,26);4-10,12,28H,11H2,1-3H3,(H,23,24,25). The molecule has 0 aromatic carbocycles. The van der Waals surface area contributed by atoms with Gasteiger partial charge in [-0.15, -0.1) is 10.2 Å². The van der Waals surface area contributed by atoms with Gasteiger partial charge in [-0.3, -0.25) is 19.3 Å². The van der Waals surface area contributed by atoms with Crippen LogP contribution in [-0.2, 0) is 27.1 Å². The van der Waals surface area contributed by atoms with Crippen molar-refractivity contribution in [3.8, 4) is 22.3 Å². The van der Waals surface area contributed by atoms with E-state index in [1.807, 2.05) is 79.8 Å². The van der Waals surface area contributed by atoms with Crippen molar-refractivity contribution in [1.29, 1.82) is 0 Å². The summed E-state index contributed by atoms with van der Waals surface area (Å²) < 4.78 is 3.51. The Balaban J connectivity index is 0.000000172. The summed E-state index contributed by atoms with van der Waals surface area (Å²) in [4.78, 5) is 18.5. The quantitative estimate of drug-likeness (QED) is 0.126. The second-order valence-corrected chi connectivity index (χ2v) is 14.1. The Kier molecular flexibility index (Phi) is 11.0. The van der Waals surface area contributed by atoms with Crippen molar-refractivity contribution in [2.75, 3.05) is 10.6 Å². The lowest BCUT2D eigenvalue weighted by atomic mass is 10.1. The normalized spacial score (nSPS) is 11.3. The molecule has 0 radical (unpaired) electrons. The first kappa shape index (κ1) is 37.6. The Morgan fingerprint density at radius 3 is 1.50 bits per heavy atom. The Bertz CT molecular complexity index is 2450. The van der Waals surface area contributed by atoms with Crippen LogP contribution in [0.1, 0.15) is 69.0 Å². The van der Waals surface area contributed by atoms with Gasteiger partial charge in [0.1, 0.15) is 11.6 Å².